The van der Waals surface area contributed by atoms with Crippen LogP contribution in [0.1, 0.15) is 31.9 Å². The fraction of sp³-hybridized carbons (Fsp3) is 0.500. The Hall–Kier alpha value is -1.07. The highest BCUT2D eigenvalue weighted by Gasteiger charge is 2.11. The summed E-state index contributed by atoms with van der Waals surface area (Å²) in [5.74, 6) is 0.831. The number of amides is 1. The molecule has 0 fully saturated rings. The van der Waals surface area contributed by atoms with Crippen LogP contribution < -0.4 is 15.4 Å². The molecule has 4 nitrogen and oxygen atoms in total. The van der Waals surface area contributed by atoms with Gasteiger partial charge in [0.05, 0.1) is 13.0 Å². The second-order valence-corrected chi connectivity index (χ2v) is 5.16. The molecule has 2 N–H and O–H groups in total. The van der Waals surface area contributed by atoms with Gasteiger partial charge in [-0.25, -0.2) is 0 Å². The summed E-state index contributed by atoms with van der Waals surface area (Å²) in [5, 5.41) is 5.94. The molecule has 0 saturated heterocycles. The highest BCUT2D eigenvalue weighted by atomic mass is 79.9. The summed E-state index contributed by atoms with van der Waals surface area (Å²) in [4.78, 5) is 11.4. The van der Waals surface area contributed by atoms with E-state index in [1.54, 1.807) is 0 Å². The van der Waals surface area contributed by atoms with Crippen molar-refractivity contribution in [1.82, 2.24) is 10.6 Å². The van der Waals surface area contributed by atoms with Crippen molar-refractivity contribution in [2.24, 2.45) is 0 Å². The molecule has 0 aromatic heterocycles. The third kappa shape index (κ3) is 5.20. The Kier molecular flexibility index (Phi) is 6.87. The molecule has 106 valence electrons. The molecule has 0 saturated carbocycles. The van der Waals surface area contributed by atoms with E-state index in [0.29, 0.717) is 19.6 Å². The zero-order chi connectivity index (χ0) is 14.3. The van der Waals surface area contributed by atoms with E-state index in [-0.39, 0.29) is 11.9 Å². The summed E-state index contributed by atoms with van der Waals surface area (Å²) in [6.45, 7) is 5.01. The maximum absolute atomic E-state index is 11.4. The minimum absolute atomic E-state index is 0.0165. The number of rotatable bonds is 7. The Balaban J connectivity index is 2.64. The molecule has 0 heterocycles. The number of carbonyl (C=O) groups excluding carboxylic acids is 1. The lowest BCUT2D eigenvalue weighted by Gasteiger charge is -2.17. The van der Waals surface area contributed by atoms with Gasteiger partial charge in [-0.1, -0.05) is 15.9 Å². The van der Waals surface area contributed by atoms with Gasteiger partial charge in [0.2, 0.25) is 5.91 Å². The summed E-state index contributed by atoms with van der Waals surface area (Å²) in [7, 11) is 1.91. The van der Waals surface area contributed by atoms with Gasteiger partial charge in [0.25, 0.3) is 0 Å². The van der Waals surface area contributed by atoms with Gasteiger partial charge < -0.3 is 15.4 Å². The SMILES string of the molecule is CCNC(=O)CCOc1ccc(Br)cc1C(C)NC. The average Bonchev–Trinajstić information content (AvgIpc) is 2.39. The molecule has 19 heavy (non-hydrogen) atoms. The van der Waals surface area contributed by atoms with Gasteiger partial charge in [-0.2, -0.15) is 0 Å². The lowest BCUT2D eigenvalue weighted by atomic mass is 10.1. The first-order valence-corrected chi connectivity index (χ1v) is 7.24. The largest absolute Gasteiger partial charge is 0.493 e. The molecule has 1 atom stereocenters. The van der Waals surface area contributed by atoms with Gasteiger partial charge in [0.1, 0.15) is 5.75 Å². The minimum Gasteiger partial charge on any atom is -0.493 e. The molecule has 1 aromatic carbocycles. The molecule has 1 amide bonds. The van der Waals surface area contributed by atoms with Crippen molar-refractivity contribution in [3.63, 3.8) is 0 Å². The molecule has 1 rings (SSSR count). The van der Waals surface area contributed by atoms with Crippen LogP contribution in [-0.4, -0.2) is 26.1 Å². The quantitative estimate of drug-likeness (QED) is 0.809. The second kappa shape index (κ2) is 8.17. The Labute approximate surface area is 123 Å². The van der Waals surface area contributed by atoms with E-state index in [2.05, 4.69) is 33.5 Å². The van der Waals surface area contributed by atoms with Crippen LogP contribution in [0.2, 0.25) is 0 Å². The number of hydrogen-bond donors (Lipinski definition) is 2. The topological polar surface area (TPSA) is 50.4 Å². The highest BCUT2D eigenvalue weighted by molar-refractivity contribution is 9.10. The number of ether oxygens (including phenoxy) is 1. The Morgan fingerprint density at radius 2 is 2.21 bits per heavy atom. The monoisotopic (exact) mass is 328 g/mol. The normalized spacial score (nSPS) is 12.0. The van der Waals surface area contributed by atoms with Crippen molar-refractivity contribution >= 4 is 21.8 Å². The number of hydrogen-bond acceptors (Lipinski definition) is 3. The molecule has 0 aliphatic rings. The lowest BCUT2D eigenvalue weighted by molar-refractivity contribution is -0.121. The number of carbonyl (C=O) groups is 1. The fourth-order valence-electron chi connectivity index (χ4n) is 1.68. The van der Waals surface area contributed by atoms with E-state index >= 15 is 0 Å². The molecule has 0 spiro atoms. The van der Waals surface area contributed by atoms with E-state index in [4.69, 9.17) is 4.74 Å². The van der Waals surface area contributed by atoms with Crippen LogP contribution >= 0.6 is 15.9 Å². The molecule has 0 aliphatic carbocycles. The molecular weight excluding hydrogens is 308 g/mol. The van der Waals surface area contributed by atoms with Crippen molar-refractivity contribution in [1.29, 1.82) is 0 Å². The van der Waals surface area contributed by atoms with Crippen molar-refractivity contribution in [2.75, 3.05) is 20.2 Å². The minimum atomic E-state index is 0.0165. The molecular formula is C14H21BrN2O2. The molecule has 5 heteroatoms. The van der Waals surface area contributed by atoms with Crippen LogP contribution in [0, 0.1) is 0 Å². The summed E-state index contributed by atoms with van der Waals surface area (Å²) >= 11 is 3.46. The van der Waals surface area contributed by atoms with Crippen LogP contribution in [0.15, 0.2) is 22.7 Å². The van der Waals surface area contributed by atoms with Crippen molar-refractivity contribution in [3.8, 4) is 5.75 Å². The van der Waals surface area contributed by atoms with Crippen LogP contribution in [0.5, 0.6) is 5.75 Å². The Morgan fingerprint density at radius 3 is 2.84 bits per heavy atom. The average molecular weight is 329 g/mol. The fourth-order valence-corrected chi connectivity index (χ4v) is 2.06. The summed E-state index contributed by atoms with van der Waals surface area (Å²) in [6, 6.07) is 6.08. The van der Waals surface area contributed by atoms with Gasteiger partial charge >= 0.3 is 0 Å². The lowest BCUT2D eigenvalue weighted by Crippen LogP contribution is -2.24. The van der Waals surface area contributed by atoms with Gasteiger partial charge in [-0.3, -0.25) is 4.79 Å². The Morgan fingerprint density at radius 1 is 1.47 bits per heavy atom. The Bertz CT molecular complexity index is 424. The predicted molar refractivity (Wildman–Crippen MR) is 80.4 cm³/mol. The van der Waals surface area contributed by atoms with Crippen LogP contribution in [-0.2, 0) is 4.79 Å². The van der Waals surface area contributed by atoms with Gasteiger partial charge in [0.15, 0.2) is 0 Å². The first-order chi connectivity index (χ1) is 9.08. The standard InChI is InChI=1S/C14H21BrN2O2/c1-4-17-14(18)7-8-19-13-6-5-11(15)9-12(13)10(2)16-3/h5-6,9-10,16H,4,7-8H2,1-3H3,(H,17,18). The maximum Gasteiger partial charge on any atom is 0.223 e. The third-order valence-corrected chi connectivity index (χ3v) is 3.33. The van der Waals surface area contributed by atoms with E-state index in [9.17, 15) is 4.79 Å². The van der Waals surface area contributed by atoms with Crippen LogP contribution in [0.25, 0.3) is 0 Å². The van der Waals surface area contributed by atoms with E-state index in [1.807, 2.05) is 32.2 Å². The third-order valence-electron chi connectivity index (χ3n) is 2.83. The predicted octanol–water partition coefficient (Wildman–Crippen LogP) is 2.63. The number of halogens is 1. The van der Waals surface area contributed by atoms with Gasteiger partial charge in [0, 0.05) is 22.6 Å². The summed E-state index contributed by atoms with van der Waals surface area (Å²) in [5.41, 5.74) is 1.08. The second-order valence-electron chi connectivity index (χ2n) is 4.24. The highest BCUT2D eigenvalue weighted by Crippen LogP contribution is 2.28. The number of nitrogens with one attached hydrogen (secondary N) is 2. The molecule has 0 bridgehead atoms. The maximum atomic E-state index is 11.4. The van der Waals surface area contributed by atoms with Gasteiger partial charge in [-0.05, 0) is 39.1 Å². The van der Waals surface area contributed by atoms with Crippen LogP contribution in [0.4, 0.5) is 0 Å². The first-order valence-electron chi connectivity index (χ1n) is 6.44. The van der Waals surface area contributed by atoms with E-state index in [0.717, 1.165) is 15.8 Å². The first kappa shape index (κ1) is 16.0. The molecule has 1 unspecified atom stereocenters. The van der Waals surface area contributed by atoms with E-state index in [1.165, 1.54) is 0 Å². The van der Waals surface area contributed by atoms with Gasteiger partial charge in [-0.15, -0.1) is 0 Å². The smallest absolute Gasteiger partial charge is 0.223 e. The van der Waals surface area contributed by atoms with E-state index < -0.39 is 0 Å². The molecule has 0 aliphatic heterocycles. The summed E-state index contributed by atoms with van der Waals surface area (Å²) in [6.07, 6.45) is 0.372. The van der Waals surface area contributed by atoms with Crippen molar-refractivity contribution < 1.29 is 9.53 Å². The van der Waals surface area contributed by atoms with Crippen LogP contribution in [0.3, 0.4) is 0 Å². The zero-order valence-corrected chi connectivity index (χ0v) is 13.2. The molecule has 1 aromatic rings. The number of benzene rings is 1. The summed E-state index contributed by atoms with van der Waals surface area (Å²) < 4.78 is 6.72. The van der Waals surface area contributed by atoms with Crippen molar-refractivity contribution in [2.45, 2.75) is 26.3 Å². The van der Waals surface area contributed by atoms with Crippen molar-refractivity contribution in [3.05, 3.63) is 28.2 Å². The molecule has 0 radical (unpaired) electrons. The zero-order valence-electron chi connectivity index (χ0n) is 11.6.